The number of carboxylic acid groups (broad SMARTS) is 1. The highest BCUT2D eigenvalue weighted by Gasteiger charge is 2.50. The van der Waals surface area contributed by atoms with Crippen molar-refractivity contribution in [3.8, 4) is 0 Å². The first-order valence-electron chi connectivity index (χ1n) is 10.5. The summed E-state index contributed by atoms with van der Waals surface area (Å²) in [7, 11) is 0. The lowest BCUT2D eigenvalue weighted by molar-refractivity contribution is -0.150. The summed E-state index contributed by atoms with van der Waals surface area (Å²) in [4.78, 5) is 38.6. The summed E-state index contributed by atoms with van der Waals surface area (Å²) in [6.45, 7) is 5.52. The van der Waals surface area contributed by atoms with Crippen molar-refractivity contribution in [2.45, 2.75) is 38.3 Å². The van der Waals surface area contributed by atoms with Gasteiger partial charge in [-0.15, -0.1) is 0 Å². The zero-order valence-corrected chi connectivity index (χ0v) is 17.5. The number of benzene rings is 1. The Morgan fingerprint density at radius 3 is 2.67 bits per heavy atom. The van der Waals surface area contributed by atoms with Gasteiger partial charge in [0, 0.05) is 18.4 Å². The number of carbonyl (C=O) groups excluding carboxylic acids is 2. The minimum atomic E-state index is -0.986. The minimum absolute atomic E-state index is 0.0773. The molecule has 1 aromatic rings. The van der Waals surface area contributed by atoms with Crippen molar-refractivity contribution in [2.24, 2.45) is 11.8 Å². The van der Waals surface area contributed by atoms with Gasteiger partial charge < -0.3 is 24.8 Å². The maximum atomic E-state index is 12.9. The molecule has 2 fully saturated rings. The molecule has 2 aliphatic rings. The van der Waals surface area contributed by atoms with Gasteiger partial charge in [0.15, 0.2) is 0 Å². The van der Waals surface area contributed by atoms with Crippen LogP contribution in [0.15, 0.2) is 30.3 Å². The standard InChI is InChI=1S/C22H30N2O6/c1-3-30-22(28)17(15-7-5-4-6-8-15)9-10-23-14(2)20(25)24-11-16-12-29-13-18(16)19(24)21(26)27/h4-8,14,16-19,23H,3,9-13H2,1-2H3,(H,26,27)/t14-,16?,17?,18?,19?/m0/s1. The number of ether oxygens (including phenoxy) is 2. The lowest BCUT2D eigenvalue weighted by Gasteiger charge is -2.27. The Hall–Kier alpha value is -2.45. The molecule has 4 unspecified atom stereocenters. The Labute approximate surface area is 176 Å². The number of fused-ring (bicyclic) bond motifs is 1. The van der Waals surface area contributed by atoms with Gasteiger partial charge >= 0.3 is 11.9 Å². The van der Waals surface area contributed by atoms with Gasteiger partial charge in [-0.2, -0.15) is 0 Å². The molecule has 0 aliphatic carbocycles. The highest BCUT2D eigenvalue weighted by molar-refractivity contribution is 5.87. The first-order valence-corrected chi connectivity index (χ1v) is 10.5. The van der Waals surface area contributed by atoms with E-state index in [0.29, 0.717) is 39.3 Å². The average molecular weight is 418 g/mol. The van der Waals surface area contributed by atoms with Crippen molar-refractivity contribution in [3.63, 3.8) is 0 Å². The van der Waals surface area contributed by atoms with Gasteiger partial charge in [-0.1, -0.05) is 30.3 Å². The second kappa shape index (κ2) is 10.0. The van der Waals surface area contributed by atoms with Crippen molar-refractivity contribution in [1.82, 2.24) is 10.2 Å². The molecule has 8 nitrogen and oxygen atoms in total. The lowest BCUT2D eigenvalue weighted by atomic mass is 9.94. The number of hydrogen-bond acceptors (Lipinski definition) is 6. The first-order chi connectivity index (χ1) is 14.4. The molecule has 0 spiro atoms. The molecule has 0 saturated carbocycles. The molecule has 2 aliphatic heterocycles. The van der Waals surface area contributed by atoms with Crippen LogP contribution in [0.25, 0.3) is 0 Å². The van der Waals surface area contributed by atoms with Crippen LogP contribution in [-0.4, -0.2) is 72.8 Å². The molecule has 2 heterocycles. The van der Waals surface area contributed by atoms with Crippen molar-refractivity contribution in [2.75, 3.05) is 32.9 Å². The summed E-state index contributed by atoms with van der Waals surface area (Å²) in [5.41, 5.74) is 0.870. The number of nitrogens with zero attached hydrogens (tertiary/aromatic N) is 1. The molecule has 2 N–H and O–H groups in total. The molecule has 3 rings (SSSR count). The Morgan fingerprint density at radius 2 is 2.00 bits per heavy atom. The number of rotatable bonds is 9. The first kappa shape index (κ1) is 22.2. The van der Waals surface area contributed by atoms with Crippen LogP contribution in [0.5, 0.6) is 0 Å². The third-order valence-electron chi connectivity index (χ3n) is 5.98. The van der Waals surface area contributed by atoms with Crippen molar-refractivity contribution < 1.29 is 29.0 Å². The normalized spacial score (nSPS) is 24.9. The summed E-state index contributed by atoms with van der Waals surface area (Å²) in [6.07, 6.45) is 0.474. The predicted octanol–water partition coefficient (Wildman–Crippen LogP) is 1.26. The molecular weight excluding hydrogens is 388 g/mol. The Bertz CT molecular complexity index is 755. The van der Waals surface area contributed by atoms with Gasteiger partial charge in [0.25, 0.3) is 0 Å². The van der Waals surface area contributed by atoms with Crippen LogP contribution in [-0.2, 0) is 23.9 Å². The fourth-order valence-corrected chi connectivity index (χ4v) is 4.42. The average Bonchev–Trinajstić information content (AvgIpc) is 3.32. The van der Waals surface area contributed by atoms with Gasteiger partial charge in [0.1, 0.15) is 6.04 Å². The molecule has 5 atom stereocenters. The molecule has 0 bridgehead atoms. The third kappa shape index (κ3) is 4.82. The van der Waals surface area contributed by atoms with Crippen molar-refractivity contribution in [3.05, 3.63) is 35.9 Å². The van der Waals surface area contributed by atoms with Crippen LogP contribution in [0.2, 0.25) is 0 Å². The molecule has 2 saturated heterocycles. The molecule has 8 heteroatoms. The molecule has 30 heavy (non-hydrogen) atoms. The van der Waals surface area contributed by atoms with Crippen LogP contribution in [0.1, 0.15) is 31.7 Å². The van der Waals surface area contributed by atoms with Gasteiger partial charge in [-0.25, -0.2) is 4.79 Å². The van der Waals surface area contributed by atoms with Gasteiger partial charge in [-0.3, -0.25) is 9.59 Å². The highest BCUT2D eigenvalue weighted by Crippen LogP contribution is 2.35. The molecule has 164 valence electrons. The van der Waals surface area contributed by atoms with E-state index in [0.717, 1.165) is 5.56 Å². The van der Waals surface area contributed by atoms with E-state index >= 15 is 0 Å². The number of esters is 1. The van der Waals surface area contributed by atoms with Crippen molar-refractivity contribution >= 4 is 17.8 Å². The van der Waals surface area contributed by atoms with E-state index in [-0.39, 0.29) is 23.7 Å². The van der Waals surface area contributed by atoms with E-state index in [1.165, 1.54) is 4.90 Å². The summed E-state index contributed by atoms with van der Waals surface area (Å²) in [5.74, 6) is -2.00. The summed E-state index contributed by atoms with van der Waals surface area (Å²) >= 11 is 0. The van der Waals surface area contributed by atoms with Crippen molar-refractivity contribution in [1.29, 1.82) is 0 Å². The number of amides is 1. The molecule has 0 radical (unpaired) electrons. The van der Waals surface area contributed by atoms with Crippen LogP contribution >= 0.6 is 0 Å². The summed E-state index contributed by atoms with van der Waals surface area (Å²) in [6, 6.07) is 8.02. The Balaban J connectivity index is 1.58. The second-order valence-electron chi connectivity index (χ2n) is 7.91. The number of hydrogen-bond donors (Lipinski definition) is 2. The number of carboxylic acids is 1. The molecule has 0 aromatic heterocycles. The SMILES string of the molecule is CCOC(=O)C(CCN[C@@H](C)C(=O)N1CC2COCC2C1C(=O)O)c1ccccc1. The largest absolute Gasteiger partial charge is 0.480 e. The second-order valence-corrected chi connectivity index (χ2v) is 7.91. The fourth-order valence-electron chi connectivity index (χ4n) is 4.42. The van der Waals surface area contributed by atoms with Gasteiger partial charge in [0.05, 0.1) is 31.8 Å². The molecule has 1 amide bonds. The Kier molecular flexibility index (Phi) is 7.44. The van der Waals surface area contributed by atoms with E-state index in [1.807, 2.05) is 30.3 Å². The highest BCUT2D eigenvalue weighted by atomic mass is 16.5. The third-order valence-corrected chi connectivity index (χ3v) is 5.98. The number of carbonyl (C=O) groups is 3. The van der Waals surface area contributed by atoms with Gasteiger partial charge in [-0.05, 0) is 32.4 Å². The van der Waals surface area contributed by atoms with E-state index in [9.17, 15) is 19.5 Å². The van der Waals surface area contributed by atoms with Crippen LogP contribution in [0, 0.1) is 11.8 Å². The van der Waals surface area contributed by atoms with Crippen LogP contribution in [0.3, 0.4) is 0 Å². The zero-order valence-electron chi connectivity index (χ0n) is 17.5. The topological polar surface area (TPSA) is 105 Å². The zero-order chi connectivity index (χ0) is 21.7. The number of aliphatic carboxylic acids is 1. The number of likely N-dealkylation sites (tertiary alicyclic amines) is 1. The number of nitrogens with one attached hydrogen (secondary N) is 1. The summed E-state index contributed by atoms with van der Waals surface area (Å²) in [5, 5.41) is 12.8. The molecular formula is C22H30N2O6. The van der Waals surface area contributed by atoms with Crippen LogP contribution in [0.4, 0.5) is 0 Å². The monoisotopic (exact) mass is 418 g/mol. The van der Waals surface area contributed by atoms with Crippen LogP contribution < -0.4 is 5.32 Å². The van der Waals surface area contributed by atoms with E-state index in [4.69, 9.17) is 9.47 Å². The smallest absolute Gasteiger partial charge is 0.326 e. The Morgan fingerprint density at radius 1 is 1.27 bits per heavy atom. The summed E-state index contributed by atoms with van der Waals surface area (Å²) < 4.78 is 10.6. The van der Waals surface area contributed by atoms with E-state index in [1.54, 1.807) is 13.8 Å². The maximum absolute atomic E-state index is 12.9. The fraction of sp³-hybridized carbons (Fsp3) is 0.591. The minimum Gasteiger partial charge on any atom is -0.480 e. The van der Waals surface area contributed by atoms with E-state index < -0.39 is 24.0 Å². The lowest BCUT2D eigenvalue weighted by Crippen LogP contribution is -2.51. The van der Waals surface area contributed by atoms with Gasteiger partial charge in [0.2, 0.25) is 5.91 Å². The maximum Gasteiger partial charge on any atom is 0.326 e. The predicted molar refractivity (Wildman–Crippen MR) is 109 cm³/mol. The quantitative estimate of drug-likeness (QED) is 0.582. The van der Waals surface area contributed by atoms with E-state index in [2.05, 4.69) is 5.32 Å². The molecule has 1 aromatic carbocycles.